The average Bonchev–Trinajstić information content (AvgIpc) is 2.39. The van der Waals surface area contributed by atoms with Gasteiger partial charge in [0, 0.05) is 24.1 Å². The van der Waals surface area contributed by atoms with E-state index >= 15 is 0 Å². The number of carbonyl (C=O) groups is 2. The highest BCUT2D eigenvalue weighted by Crippen LogP contribution is 2.15. The molecule has 1 rings (SSSR count). The molecule has 0 saturated heterocycles. The van der Waals surface area contributed by atoms with Crippen molar-refractivity contribution in [3.63, 3.8) is 0 Å². The normalized spacial score (nSPS) is 11.7. The third kappa shape index (κ3) is 5.97. The molecule has 0 aliphatic heterocycles. The van der Waals surface area contributed by atoms with Crippen LogP contribution in [0.25, 0.3) is 0 Å². The van der Waals surface area contributed by atoms with Crippen molar-refractivity contribution in [3.8, 4) is 0 Å². The van der Waals surface area contributed by atoms with Crippen LogP contribution in [0, 0.1) is 0 Å². The molecule has 5 nitrogen and oxygen atoms in total. The molecule has 0 spiro atoms. The van der Waals surface area contributed by atoms with Gasteiger partial charge < -0.3 is 15.8 Å². The molecule has 6 heteroatoms. The number of nitrogens with one attached hydrogen (secondary N) is 1. The second-order valence-electron chi connectivity index (χ2n) is 4.26. The van der Waals surface area contributed by atoms with Crippen LogP contribution in [-0.4, -0.2) is 30.3 Å². The molecule has 1 aromatic rings. The molecule has 0 fully saturated rings. The highest BCUT2D eigenvalue weighted by atomic mass is 32.2. The number of hydrogen-bond donors (Lipinski definition) is 2. The Balaban J connectivity index is 2.47. The van der Waals surface area contributed by atoms with E-state index < -0.39 is 12.0 Å². The monoisotopic (exact) mass is 296 g/mol. The second-order valence-corrected chi connectivity index (χ2v) is 5.29. The van der Waals surface area contributed by atoms with E-state index in [-0.39, 0.29) is 5.91 Å². The van der Waals surface area contributed by atoms with Crippen molar-refractivity contribution in [3.05, 3.63) is 29.8 Å². The summed E-state index contributed by atoms with van der Waals surface area (Å²) in [5, 5.41) is 2.61. The molecule has 0 heterocycles. The van der Waals surface area contributed by atoms with Crippen LogP contribution in [0.4, 0.5) is 5.69 Å². The van der Waals surface area contributed by atoms with Crippen LogP contribution in [-0.2, 0) is 20.1 Å². The van der Waals surface area contributed by atoms with Crippen molar-refractivity contribution >= 4 is 29.3 Å². The Kier molecular flexibility index (Phi) is 6.93. The summed E-state index contributed by atoms with van der Waals surface area (Å²) in [6, 6.07) is 6.96. The maximum Gasteiger partial charge on any atom is 0.329 e. The molecular weight excluding hydrogens is 276 g/mol. The van der Waals surface area contributed by atoms with E-state index in [1.54, 1.807) is 18.7 Å². The van der Waals surface area contributed by atoms with Gasteiger partial charge in [0.2, 0.25) is 5.91 Å². The summed E-state index contributed by atoms with van der Waals surface area (Å²) < 4.78 is 4.94. The van der Waals surface area contributed by atoms with Crippen LogP contribution in [0.2, 0.25) is 0 Å². The fraction of sp³-hybridized carbons (Fsp3) is 0.429. The lowest BCUT2D eigenvalue weighted by atomic mass is 10.2. The molecule has 0 unspecified atom stereocenters. The van der Waals surface area contributed by atoms with E-state index in [4.69, 9.17) is 10.5 Å². The average molecular weight is 296 g/mol. The minimum absolute atomic E-state index is 0.240. The highest BCUT2D eigenvalue weighted by Gasteiger charge is 2.20. The number of esters is 1. The summed E-state index contributed by atoms with van der Waals surface area (Å²) in [6.45, 7) is 3.43. The molecule has 1 amide bonds. The van der Waals surface area contributed by atoms with Gasteiger partial charge in [0.25, 0.3) is 0 Å². The van der Waals surface area contributed by atoms with Gasteiger partial charge in [-0.1, -0.05) is 12.1 Å². The largest absolute Gasteiger partial charge is 0.464 e. The zero-order valence-corrected chi connectivity index (χ0v) is 12.5. The van der Waals surface area contributed by atoms with E-state index in [0.29, 0.717) is 12.4 Å². The van der Waals surface area contributed by atoms with E-state index in [0.717, 1.165) is 17.0 Å². The van der Waals surface area contributed by atoms with Crippen LogP contribution in [0.15, 0.2) is 24.3 Å². The quantitative estimate of drug-likeness (QED) is 0.589. The van der Waals surface area contributed by atoms with E-state index in [2.05, 4.69) is 5.32 Å². The summed E-state index contributed by atoms with van der Waals surface area (Å²) in [6.07, 6.45) is 0. The number of amides is 1. The zero-order chi connectivity index (χ0) is 15.0. The summed E-state index contributed by atoms with van der Waals surface area (Å²) in [7, 11) is 0. The molecule has 110 valence electrons. The van der Waals surface area contributed by atoms with Gasteiger partial charge in [-0.15, -0.1) is 0 Å². The Labute approximate surface area is 123 Å². The van der Waals surface area contributed by atoms with Crippen LogP contribution in [0.3, 0.4) is 0 Å². The number of anilines is 1. The summed E-state index contributed by atoms with van der Waals surface area (Å²) in [4.78, 5) is 22.8. The lowest BCUT2D eigenvalue weighted by Gasteiger charge is -2.15. The van der Waals surface area contributed by atoms with Gasteiger partial charge in [-0.2, -0.15) is 11.8 Å². The molecule has 1 aromatic carbocycles. The van der Waals surface area contributed by atoms with Gasteiger partial charge in [0.15, 0.2) is 0 Å². The van der Waals surface area contributed by atoms with Crippen molar-refractivity contribution < 1.29 is 14.3 Å². The molecule has 1 atom stereocenters. The van der Waals surface area contributed by atoms with Crippen molar-refractivity contribution in [2.45, 2.75) is 25.6 Å². The minimum Gasteiger partial charge on any atom is -0.464 e. The number of carbonyl (C=O) groups excluding carboxylic acids is 2. The topological polar surface area (TPSA) is 81.4 Å². The third-order valence-electron chi connectivity index (χ3n) is 2.48. The third-order valence-corrected chi connectivity index (χ3v) is 3.59. The first-order valence-electron chi connectivity index (χ1n) is 6.38. The first-order chi connectivity index (χ1) is 9.52. The molecular formula is C14H20N2O3S. The number of rotatable bonds is 7. The minimum atomic E-state index is -0.605. The smallest absolute Gasteiger partial charge is 0.329 e. The number of nitrogen functional groups attached to an aromatic ring is 1. The van der Waals surface area contributed by atoms with Gasteiger partial charge >= 0.3 is 5.97 Å². The van der Waals surface area contributed by atoms with E-state index in [9.17, 15) is 9.59 Å². The Morgan fingerprint density at radius 1 is 1.35 bits per heavy atom. The maximum absolute atomic E-state index is 11.7. The predicted molar refractivity (Wildman–Crippen MR) is 81.3 cm³/mol. The molecule has 0 saturated carbocycles. The lowest BCUT2D eigenvalue weighted by Crippen LogP contribution is -2.42. The highest BCUT2D eigenvalue weighted by molar-refractivity contribution is 7.98. The van der Waals surface area contributed by atoms with Crippen LogP contribution in [0.1, 0.15) is 19.4 Å². The molecule has 3 N–H and O–H groups in total. The number of thioether (sulfide) groups is 1. The van der Waals surface area contributed by atoms with E-state index in [1.807, 2.05) is 24.3 Å². The molecule has 0 aliphatic carbocycles. The standard InChI is InChI=1S/C14H20N2O3S/c1-3-19-14(18)13(16-10(2)17)9-20-8-11-4-6-12(15)7-5-11/h4-7,13H,3,8-9,15H2,1-2H3,(H,16,17)/t13-/m0/s1. The van der Waals surface area contributed by atoms with Crippen molar-refractivity contribution in [2.75, 3.05) is 18.1 Å². The summed E-state index contributed by atoms with van der Waals surface area (Å²) in [5.41, 5.74) is 7.46. The van der Waals surface area contributed by atoms with Gasteiger partial charge in [0.1, 0.15) is 6.04 Å². The Morgan fingerprint density at radius 3 is 2.55 bits per heavy atom. The Bertz CT molecular complexity index is 448. The molecule has 0 radical (unpaired) electrons. The second kappa shape index (κ2) is 8.47. The van der Waals surface area contributed by atoms with Crippen molar-refractivity contribution in [1.82, 2.24) is 5.32 Å². The Hall–Kier alpha value is -1.69. The van der Waals surface area contributed by atoms with E-state index in [1.165, 1.54) is 6.92 Å². The fourth-order valence-electron chi connectivity index (χ4n) is 1.57. The van der Waals surface area contributed by atoms with Gasteiger partial charge in [-0.25, -0.2) is 4.79 Å². The zero-order valence-electron chi connectivity index (χ0n) is 11.7. The number of nitrogens with two attached hydrogens (primary N) is 1. The van der Waals surface area contributed by atoms with Gasteiger partial charge in [-0.05, 0) is 24.6 Å². The number of hydrogen-bond acceptors (Lipinski definition) is 5. The molecule has 20 heavy (non-hydrogen) atoms. The summed E-state index contributed by atoms with van der Waals surface area (Å²) in [5.74, 6) is 0.585. The predicted octanol–water partition coefficient (Wildman–Crippen LogP) is 1.57. The molecule has 0 aliphatic rings. The SMILES string of the molecule is CCOC(=O)[C@H](CSCc1ccc(N)cc1)NC(C)=O. The first kappa shape index (κ1) is 16.4. The van der Waals surface area contributed by atoms with Gasteiger partial charge in [0.05, 0.1) is 6.61 Å². The maximum atomic E-state index is 11.7. The van der Waals surface area contributed by atoms with Crippen LogP contribution in [0.5, 0.6) is 0 Å². The first-order valence-corrected chi connectivity index (χ1v) is 7.54. The Morgan fingerprint density at radius 2 is 2.00 bits per heavy atom. The van der Waals surface area contributed by atoms with Gasteiger partial charge in [-0.3, -0.25) is 4.79 Å². The fourth-order valence-corrected chi connectivity index (χ4v) is 2.57. The van der Waals surface area contributed by atoms with Crippen molar-refractivity contribution in [2.24, 2.45) is 0 Å². The lowest BCUT2D eigenvalue weighted by molar-refractivity contribution is -0.146. The molecule has 0 bridgehead atoms. The summed E-state index contributed by atoms with van der Waals surface area (Å²) >= 11 is 1.56. The van der Waals surface area contributed by atoms with Crippen LogP contribution < -0.4 is 11.1 Å². The molecule has 0 aromatic heterocycles. The number of ether oxygens (including phenoxy) is 1. The van der Waals surface area contributed by atoms with Crippen LogP contribution >= 0.6 is 11.8 Å². The number of benzene rings is 1. The van der Waals surface area contributed by atoms with Crippen molar-refractivity contribution in [1.29, 1.82) is 0 Å².